The van der Waals surface area contributed by atoms with Crippen molar-refractivity contribution in [2.24, 2.45) is 0 Å². The van der Waals surface area contributed by atoms with Gasteiger partial charge in [0, 0.05) is 29.3 Å². The lowest BCUT2D eigenvalue weighted by Crippen LogP contribution is -2.26. The van der Waals surface area contributed by atoms with Gasteiger partial charge in [0.2, 0.25) is 10.0 Å². The summed E-state index contributed by atoms with van der Waals surface area (Å²) in [5.41, 5.74) is 0. The van der Waals surface area contributed by atoms with Gasteiger partial charge in [0.1, 0.15) is 5.76 Å². The molecule has 2 rings (SSSR count). The van der Waals surface area contributed by atoms with Crippen molar-refractivity contribution in [3.63, 3.8) is 0 Å². The number of hydrogen-bond donors (Lipinski definition) is 2. The van der Waals surface area contributed by atoms with Crippen molar-refractivity contribution < 1.29 is 12.8 Å². The van der Waals surface area contributed by atoms with Gasteiger partial charge in [-0.3, -0.25) is 0 Å². The molecule has 0 aromatic carbocycles. The fraction of sp³-hybridized carbons (Fsp3) is 0.429. The third kappa shape index (κ3) is 4.41. The first kappa shape index (κ1) is 16.2. The average molecular weight is 328 g/mol. The van der Waals surface area contributed by atoms with E-state index in [1.54, 1.807) is 18.4 Å². The minimum absolute atomic E-state index is 0.327. The molecular weight excluding hydrogens is 308 g/mol. The van der Waals surface area contributed by atoms with Crippen LogP contribution in [0.5, 0.6) is 0 Å². The van der Waals surface area contributed by atoms with Crippen LogP contribution in [0.4, 0.5) is 0 Å². The zero-order valence-corrected chi connectivity index (χ0v) is 13.8. The molecule has 0 bridgehead atoms. The predicted octanol–water partition coefficient (Wildman–Crippen LogP) is 2.28. The highest BCUT2D eigenvalue weighted by Crippen LogP contribution is 2.25. The van der Waals surface area contributed by atoms with E-state index in [1.165, 1.54) is 11.3 Å². The van der Waals surface area contributed by atoms with Gasteiger partial charge in [-0.05, 0) is 31.7 Å². The minimum Gasteiger partial charge on any atom is -0.469 e. The fourth-order valence-corrected chi connectivity index (χ4v) is 4.60. The molecule has 0 saturated carbocycles. The smallest absolute Gasteiger partial charge is 0.241 e. The standard InChI is InChI=1S/C14H20N2O3S2/c1-3-15-10-13-9-14(11(2)20-13)21(17,18)16-7-6-12-5-4-8-19-12/h4-5,8-9,15-16H,3,6-7,10H2,1-2H3. The van der Waals surface area contributed by atoms with Gasteiger partial charge in [-0.2, -0.15) is 0 Å². The van der Waals surface area contributed by atoms with Crippen LogP contribution in [-0.4, -0.2) is 21.5 Å². The molecule has 2 aromatic rings. The first-order valence-corrected chi connectivity index (χ1v) is 9.15. The van der Waals surface area contributed by atoms with Crippen molar-refractivity contribution in [3.05, 3.63) is 40.0 Å². The van der Waals surface area contributed by atoms with Crippen LogP contribution in [0.3, 0.4) is 0 Å². The Morgan fingerprint density at radius 1 is 1.38 bits per heavy atom. The molecule has 0 aliphatic heterocycles. The fourth-order valence-electron chi connectivity index (χ4n) is 1.97. The number of aryl methyl sites for hydroxylation is 1. The van der Waals surface area contributed by atoms with E-state index in [9.17, 15) is 8.42 Å². The van der Waals surface area contributed by atoms with Crippen LogP contribution in [0.15, 0.2) is 33.8 Å². The Morgan fingerprint density at radius 3 is 2.86 bits per heavy atom. The zero-order chi connectivity index (χ0) is 15.3. The lowest BCUT2D eigenvalue weighted by Gasteiger charge is -2.05. The lowest BCUT2D eigenvalue weighted by atomic mass is 10.3. The summed E-state index contributed by atoms with van der Waals surface area (Å²) in [6.45, 7) is 5.74. The molecule has 2 N–H and O–H groups in total. The normalized spacial score (nSPS) is 11.9. The van der Waals surface area contributed by atoms with E-state index in [1.807, 2.05) is 19.9 Å². The van der Waals surface area contributed by atoms with Gasteiger partial charge >= 0.3 is 0 Å². The second kappa shape index (κ2) is 7.22. The van der Waals surface area contributed by atoms with Gasteiger partial charge < -0.3 is 9.73 Å². The number of hydrogen-bond acceptors (Lipinski definition) is 5. The van der Waals surface area contributed by atoms with E-state index < -0.39 is 10.0 Å². The molecule has 2 aromatic heterocycles. The zero-order valence-electron chi connectivity index (χ0n) is 12.2. The van der Waals surface area contributed by atoms with E-state index >= 15 is 0 Å². The van der Waals surface area contributed by atoms with Crippen LogP contribution in [0.25, 0.3) is 0 Å². The maximum atomic E-state index is 12.3. The van der Waals surface area contributed by atoms with E-state index in [-0.39, 0.29) is 0 Å². The van der Waals surface area contributed by atoms with Gasteiger partial charge in [0.25, 0.3) is 0 Å². The van der Waals surface area contributed by atoms with E-state index in [0.717, 1.165) is 22.1 Å². The molecule has 5 nitrogen and oxygen atoms in total. The van der Waals surface area contributed by atoms with Crippen LogP contribution in [0, 0.1) is 6.92 Å². The van der Waals surface area contributed by atoms with Crippen LogP contribution in [0.2, 0.25) is 0 Å². The Kier molecular flexibility index (Phi) is 5.58. The molecule has 0 aliphatic rings. The number of nitrogens with one attached hydrogen (secondary N) is 2. The molecule has 0 atom stereocenters. The van der Waals surface area contributed by atoms with Gasteiger partial charge in [0.15, 0.2) is 0 Å². The second-order valence-electron chi connectivity index (χ2n) is 4.64. The summed E-state index contributed by atoms with van der Waals surface area (Å²) in [7, 11) is -3.46. The topological polar surface area (TPSA) is 71.3 Å². The molecule has 7 heteroatoms. The predicted molar refractivity (Wildman–Crippen MR) is 84.0 cm³/mol. The molecule has 0 unspecified atom stereocenters. The maximum Gasteiger partial charge on any atom is 0.241 e. The quantitative estimate of drug-likeness (QED) is 0.780. The highest BCUT2D eigenvalue weighted by Gasteiger charge is 2.19. The summed E-state index contributed by atoms with van der Waals surface area (Å²) in [5.74, 6) is 0.771. The summed E-state index contributed by atoms with van der Waals surface area (Å²) in [6, 6.07) is 5.37. The number of furan rings is 1. The summed E-state index contributed by atoms with van der Waals surface area (Å²) in [6.07, 6.45) is 2.12. The molecule has 2 heterocycles. The number of sulfonamides is 1. The van der Waals surface area contributed by atoms with Crippen molar-refractivity contribution in [1.82, 2.24) is 10.0 Å². The molecule has 0 radical (unpaired) electrons. The molecule has 21 heavy (non-hydrogen) atoms. The Labute approximate surface area is 129 Å². The second-order valence-corrected chi connectivity index (χ2v) is 7.72. The average Bonchev–Trinajstić information content (AvgIpc) is 3.06. The highest BCUT2D eigenvalue weighted by molar-refractivity contribution is 7.89. The SMILES string of the molecule is CCNCc1cc(S(=O)(=O)NCCc2ccco2)c(C)s1. The molecule has 0 aliphatic carbocycles. The highest BCUT2D eigenvalue weighted by atomic mass is 32.2. The monoisotopic (exact) mass is 328 g/mol. The largest absolute Gasteiger partial charge is 0.469 e. The maximum absolute atomic E-state index is 12.3. The summed E-state index contributed by atoms with van der Waals surface area (Å²) < 4.78 is 32.4. The van der Waals surface area contributed by atoms with Crippen LogP contribution in [0.1, 0.15) is 22.4 Å². The molecule has 0 fully saturated rings. The van der Waals surface area contributed by atoms with Gasteiger partial charge in [-0.25, -0.2) is 13.1 Å². The van der Waals surface area contributed by atoms with Crippen molar-refractivity contribution in [1.29, 1.82) is 0 Å². The van der Waals surface area contributed by atoms with Crippen LogP contribution >= 0.6 is 11.3 Å². The Hall–Kier alpha value is -1.15. The van der Waals surface area contributed by atoms with Gasteiger partial charge in [-0.1, -0.05) is 6.92 Å². The molecule has 0 spiro atoms. The first-order valence-electron chi connectivity index (χ1n) is 6.85. The molecular formula is C14H20N2O3S2. The molecule has 0 amide bonds. The summed E-state index contributed by atoms with van der Waals surface area (Å²) in [5, 5.41) is 3.20. The van der Waals surface area contributed by atoms with E-state index in [0.29, 0.717) is 24.4 Å². The Balaban J connectivity index is 1.99. The third-order valence-electron chi connectivity index (χ3n) is 3.01. The van der Waals surface area contributed by atoms with Crippen molar-refractivity contribution in [2.45, 2.75) is 31.7 Å². The molecule has 116 valence electrons. The van der Waals surface area contributed by atoms with E-state index in [2.05, 4.69) is 10.0 Å². The summed E-state index contributed by atoms with van der Waals surface area (Å²) in [4.78, 5) is 2.22. The van der Waals surface area contributed by atoms with E-state index in [4.69, 9.17) is 4.42 Å². The number of thiophene rings is 1. The third-order valence-corrected chi connectivity index (χ3v) is 5.77. The first-order chi connectivity index (χ1) is 10.0. The Morgan fingerprint density at radius 2 is 2.19 bits per heavy atom. The van der Waals surface area contributed by atoms with Crippen LogP contribution in [-0.2, 0) is 23.0 Å². The van der Waals surface area contributed by atoms with Crippen molar-refractivity contribution >= 4 is 21.4 Å². The van der Waals surface area contributed by atoms with Crippen LogP contribution < -0.4 is 10.0 Å². The summed E-state index contributed by atoms with van der Waals surface area (Å²) >= 11 is 1.51. The van der Waals surface area contributed by atoms with Gasteiger partial charge in [-0.15, -0.1) is 11.3 Å². The minimum atomic E-state index is -3.46. The lowest BCUT2D eigenvalue weighted by molar-refractivity contribution is 0.506. The van der Waals surface area contributed by atoms with Gasteiger partial charge in [0.05, 0.1) is 11.2 Å². The Bertz CT molecular complexity index is 660. The number of rotatable bonds is 8. The van der Waals surface area contributed by atoms with Crippen molar-refractivity contribution in [3.8, 4) is 0 Å². The molecule has 0 saturated heterocycles. The van der Waals surface area contributed by atoms with Crippen molar-refractivity contribution in [2.75, 3.05) is 13.1 Å².